The molecule has 5 nitrogen and oxygen atoms in total. The molecule has 30 heavy (non-hydrogen) atoms. The van der Waals surface area contributed by atoms with E-state index in [1.54, 1.807) is 0 Å². The maximum Gasteiger partial charge on any atom is 0.416 e. The highest BCUT2D eigenvalue weighted by Gasteiger charge is 2.36. The molecule has 2 aromatic rings. The van der Waals surface area contributed by atoms with Crippen LogP contribution >= 0.6 is 0 Å². The summed E-state index contributed by atoms with van der Waals surface area (Å²) in [6.45, 7) is 0.633. The lowest BCUT2D eigenvalue weighted by Gasteiger charge is -2.31. The zero-order valence-electron chi connectivity index (χ0n) is 17.4. The summed E-state index contributed by atoms with van der Waals surface area (Å²) in [6, 6.07) is 10.2. The summed E-state index contributed by atoms with van der Waals surface area (Å²) in [6.07, 6.45) is -3.84. The van der Waals surface area contributed by atoms with Crippen molar-refractivity contribution in [2.45, 2.75) is 29.5 Å². The maximum absolute atomic E-state index is 13.2. The molecular weight excluding hydrogens is 417 g/mol. The standard InChI is InChI=1S/C21H27F3N2O3S/c1-25(2)14-6-13-20(27,17-7-5-8-18(15-17)21(22,23)24)16-9-11-19(12-10-16)30(28,29)26(3)4/h5,7-12,15,27H,6,13-14H2,1-4H3. The highest BCUT2D eigenvalue weighted by Crippen LogP contribution is 2.38. The minimum atomic E-state index is -4.54. The molecule has 1 N–H and O–H groups in total. The molecule has 0 fully saturated rings. The molecule has 2 aromatic carbocycles. The molecule has 0 aliphatic heterocycles. The first-order valence-corrected chi connectivity index (χ1v) is 10.8. The SMILES string of the molecule is CN(C)CCCC(O)(c1ccc(S(=O)(=O)N(C)C)cc1)c1cccc(C(F)(F)F)c1. The lowest BCUT2D eigenvalue weighted by Crippen LogP contribution is -2.29. The van der Waals surface area contributed by atoms with Crippen molar-refractivity contribution < 1.29 is 26.7 Å². The number of hydrogen-bond donors (Lipinski definition) is 1. The monoisotopic (exact) mass is 444 g/mol. The summed E-state index contributed by atoms with van der Waals surface area (Å²) in [7, 11) is 2.88. The van der Waals surface area contributed by atoms with Crippen LogP contribution in [0.1, 0.15) is 29.5 Å². The van der Waals surface area contributed by atoms with Gasteiger partial charge in [0.1, 0.15) is 5.60 Å². The molecule has 0 aromatic heterocycles. The molecule has 0 saturated heterocycles. The number of aliphatic hydroxyl groups is 1. The van der Waals surface area contributed by atoms with Gasteiger partial charge in [-0.2, -0.15) is 13.2 Å². The van der Waals surface area contributed by atoms with E-state index in [9.17, 15) is 26.7 Å². The van der Waals surface area contributed by atoms with Crippen LogP contribution in [0.5, 0.6) is 0 Å². The maximum atomic E-state index is 13.2. The van der Waals surface area contributed by atoms with Crippen LogP contribution in [0.25, 0.3) is 0 Å². The van der Waals surface area contributed by atoms with Crippen molar-refractivity contribution in [3.8, 4) is 0 Å². The quantitative estimate of drug-likeness (QED) is 0.677. The first kappa shape index (κ1) is 24.3. The normalized spacial score (nSPS) is 14.9. The Balaban J connectivity index is 2.52. The van der Waals surface area contributed by atoms with Gasteiger partial charge in [-0.1, -0.05) is 24.3 Å². The number of sulfonamides is 1. The third-order valence-electron chi connectivity index (χ3n) is 4.92. The topological polar surface area (TPSA) is 60.9 Å². The van der Waals surface area contributed by atoms with Crippen LogP contribution < -0.4 is 0 Å². The van der Waals surface area contributed by atoms with Crippen LogP contribution in [0.15, 0.2) is 53.4 Å². The fourth-order valence-corrected chi connectivity index (χ4v) is 4.07. The Morgan fingerprint density at radius 2 is 1.47 bits per heavy atom. The smallest absolute Gasteiger partial charge is 0.380 e. The average molecular weight is 445 g/mol. The van der Waals surface area contributed by atoms with Crippen LogP contribution in [0, 0.1) is 0 Å². The Morgan fingerprint density at radius 3 is 1.97 bits per heavy atom. The average Bonchev–Trinajstić information content (AvgIpc) is 2.67. The van der Waals surface area contributed by atoms with Crippen molar-refractivity contribution in [3.63, 3.8) is 0 Å². The third kappa shape index (κ3) is 5.40. The van der Waals surface area contributed by atoms with Crippen molar-refractivity contribution in [2.75, 3.05) is 34.7 Å². The fourth-order valence-electron chi connectivity index (χ4n) is 3.17. The Morgan fingerprint density at radius 1 is 0.900 bits per heavy atom. The molecule has 0 bridgehead atoms. The van der Waals surface area contributed by atoms with E-state index in [0.29, 0.717) is 18.5 Å². The van der Waals surface area contributed by atoms with Crippen molar-refractivity contribution in [2.24, 2.45) is 0 Å². The number of alkyl halides is 3. The van der Waals surface area contributed by atoms with Gasteiger partial charge in [-0.3, -0.25) is 0 Å². The van der Waals surface area contributed by atoms with Crippen LogP contribution in [0.3, 0.4) is 0 Å². The van der Waals surface area contributed by atoms with Gasteiger partial charge in [-0.05, 0) is 68.9 Å². The van der Waals surface area contributed by atoms with E-state index in [0.717, 1.165) is 16.4 Å². The Kier molecular flexibility index (Phi) is 7.34. The second kappa shape index (κ2) is 9.05. The Labute approximate surface area is 175 Å². The lowest BCUT2D eigenvalue weighted by molar-refractivity contribution is -0.137. The minimum absolute atomic E-state index is 0.0379. The van der Waals surface area contributed by atoms with Crippen LogP contribution in [-0.4, -0.2) is 57.5 Å². The molecule has 0 aliphatic carbocycles. The van der Waals surface area contributed by atoms with Crippen LogP contribution in [0.2, 0.25) is 0 Å². The van der Waals surface area contributed by atoms with Gasteiger partial charge in [0.2, 0.25) is 10.0 Å². The lowest BCUT2D eigenvalue weighted by atomic mass is 9.82. The molecule has 0 spiro atoms. The van der Waals surface area contributed by atoms with Crippen LogP contribution in [0.4, 0.5) is 13.2 Å². The predicted octanol–water partition coefficient (Wildman–Crippen LogP) is 3.53. The van der Waals surface area contributed by atoms with Gasteiger partial charge in [-0.15, -0.1) is 0 Å². The van der Waals surface area contributed by atoms with E-state index in [2.05, 4.69) is 0 Å². The Hall–Kier alpha value is -1.94. The van der Waals surface area contributed by atoms with E-state index in [1.807, 2.05) is 19.0 Å². The second-order valence-electron chi connectivity index (χ2n) is 7.66. The molecule has 0 aliphatic rings. The predicted molar refractivity (Wildman–Crippen MR) is 110 cm³/mol. The summed E-state index contributed by atoms with van der Waals surface area (Å²) in [4.78, 5) is 1.95. The van der Waals surface area contributed by atoms with Crippen molar-refractivity contribution in [1.29, 1.82) is 0 Å². The van der Waals surface area contributed by atoms with Gasteiger partial charge in [0, 0.05) is 14.1 Å². The van der Waals surface area contributed by atoms with E-state index < -0.39 is 27.4 Å². The largest absolute Gasteiger partial charge is 0.416 e. The van der Waals surface area contributed by atoms with E-state index in [-0.39, 0.29) is 16.9 Å². The van der Waals surface area contributed by atoms with Crippen molar-refractivity contribution in [3.05, 3.63) is 65.2 Å². The summed E-state index contributed by atoms with van der Waals surface area (Å²) in [5.74, 6) is 0. The van der Waals surface area contributed by atoms with Gasteiger partial charge in [-0.25, -0.2) is 12.7 Å². The minimum Gasteiger partial charge on any atom is -0.380 e. The first-order chi connectivity index (χ1) is 13.8. The number of rotatable bonds is 8. The first-order valence-electron chi connectivity index (χ1n) is 9.36. The zero-order chi connectivity index (χ0) is 22.7. The van der Waals surface area contributed by atoms with E-state index in [1.165, 1.54) is 50.5 Å². The van der Waals surface area contributed by atoms with Crippen molar-refractivity contribution >= 4 is 10.0 Å². The van der Waals surface area contributed by atoms with E-state index in [4.69, 9.17) is 0 Å². The fraction of sp³-hybridized carbons (Fsp3) is 0.429. The summed E-state index contributed by atoms with van der Waals surface area (Å²) >= 11 is 0. The number of hydrogen-bond acceptors (Lipinski definition) is 4. The molecular formula is C21H27F3N2O3S. The summed E-state index contributed by atoms with van der Waals surface area (Å²) < 4.78 is 65.3. The molecule has 2 rings (SSSR count). The van der Waals surface area contributed by atoms with Crippen molar-refractivity contribution in [1.82, 2.24) is 9.21 Å². The molecule has 9 heteroatoms. The number of halogens is 3. The van der Waals surface area contributed by atoms with E-state index >= 15 is 0 Å². The van der Waals surface area contributed by atoms with Crippen LogP contribution in [-0.2, 0) is 21.8 Å². The van der Waals surface area contributed by atoms with Gasteiger partial charge in [0.05, 0.1) is 10.5 Å². The summed E-state index contributed by atoms with van der Waals surface area (Å²) in [5.41, 5.74) is -2.10. The Bertz CT molecular complexity index is 958. The van der Waals surface area contributed by atoms with Gasteiger partial charge in [0.15, 0.2) is 0 Å². The van der Waals surface area contributed by atoms with Gasteiger partial charge < -0.3 is 10.0 Å². The second-order valence-corrected chi connectivity index (χ2v) is 9.81. The summed E-state index contributed by atoms with van der Waals surface area (Å²) in [5, 5.41) is 11.5. The molecule has 166 valence electrons. The molecule has 1 unspecified atom stereocenters. The van der Waals surface area contributed by atoms with Gasteiger partial charge >= 0.3 is 6.18 Å². The third-order valence-corrected chi connectivity index (χ3v) is 6.75. The molecule has 0 heterocycles. The highest BCUT2D eigenvalue weighted by atomic mass is 32.2. The molecule has 0 amide bonds. The number of nitrogens with zero attached hydrogens (tertiary/aromatic N) is 2. The molecule has 0 saturated carbocycles. The highest BCUT2D eigenvalue weighted by molar-refractivity contribution is 7.89. The number of benzene rings is 2. The molecule has 0 radical (unpaired) electrons. The molecule has 1 atom stereocenters. The zero-order valence-corrected chi connectivity index (χ0v) is 18.3. The van der Waals surface area contributed by atoms with Gasteiger partial charge in [0.25, 0.3) is 0 Å².